The van der Waals surface area contributed by atoms with Gasteiger partial charge in [-0.25, -0.2) is 10.9 Å². The minimum atomic E-state index is -0.226. The quantitative estimate of drug-likeness (QED) is 0.780. The topological polar surface area (TPSA) is 66.0 Å². The zero-order valence-electron chi connectivity index (χ0n) is 11.9. The van der Waals surface area contributed by atoms with E-state index in [1.807, 2.05) is 24.3 Å². The van der Waals surface area contributed by atoms with Crippen LogP contribution in [0.2, 0.25) is 0 Å². The fraction of sp³-hybridized carbons (Fsp3) is 0.250. The van der Waals surface area contributed by atoms with Crippen molar-refractivity contribution in [2.75, 3.05) is 0 Å². The average Bonchev–Trinajstić information content (AvgIpc) is 3.04. The third-order valence-corrected chi connectivity index (χ3v) is 4.24. The zero-order chi connectivity index (χ0) is 15.4. The van der Waals surface area contributed by atoms with E-state index in [0.29, 0.717) is 6.54 Å². The van der Waals surface area contributed by atoms with Gasteiger partial charge in [-0.3, -0.25) is 9.78 Å². The lowest BCUT2D eigenvalue weighted by atomic mass is 10.0. The molecule has 0 aliphatic carbocycles. The third kappa shape index (κ3) is 3.71. The van der Waals surface area contributed by atoms with Crippen molar-refractivity contribution in [3.05, 3.63) is 64.4 Å². The lowest BCUT2D eigenvalue weighted by molar-refractivity contribution is -0.123. The molecule has 1 aliphatic heterocycles. The summed E-state index contributed by atoms with van der Waals surface area (Å²) in [7, 11) is 0. The van der Waals surface area contributed by atoms with Crippen molar-refractivity contribution >= 4 is 21.8 Å². The van der Waals surface area contributed by atoms with E-state index in [2.05, 4.69) is 49.2 Å². The summed E-state index contributed by atoms with van der Waals surface area (Å²) >= 11 is 3.43. The molecular formula is C16H17BrN4O. The predicted octanol–water partition coefficient (Wildman–Crippen LogP) is 2.07. The van der Waals surface area contributed by atoms with Gasteiger partial charge in [-0.2, -0.15) is 0 Å². The van der Waals surface area contributed by atoms with Gasteiger partial charge in [-0.05, 0) is 41.8 Å². The molecule has 1 amide bonds. The first kappa shape index (κ1) is 15.1. The first-order valence-corrected chi connectivity index (χ1v) is 7.95. The van der Waals surface area contributed by atoms with Gasteiger partial charge < -0.3 is 5.32 Å². The Morgan fingerprint density at radius 1 is 1.18 bits per heavy atom. The SMILES string of the molecule is O=C(NCc1ccncc1)C1CC(c2ccc(Br)cc2)NN1. The number of aromatic nitrogens is 1. The first-order valence-electron chi connectivity index (χ1n) is 7.15. The summed E-state index contributed by atoms with van der Waals surface area (Å²) in [4.78, 5) is 16.2. The van der Waals surface area contributed by atoms with Gasteiger partial charge in [0.15, 0.2) is 0 Å². The summed E-state index contributed by atoms with van der Waals surface area (Å²) in [6.07, 6.45) is 4.17. The molecule has 22 heavy (non-hydrogen) atoms. The molecule has 0 saturated carbocycles. The van der Waals surface area contributed by atoms with Gasteiger partial charge in [-0.15, -0.1) is 0 Å². The van der Waals surface area contributed by atoms with Crippen LogP contribution < -0.4 is 16.2 Å². The van der Waals surface area contributed by atoms with E-state index < -0.39 is 0 Å². The number of carbonyl (C=O) groups is 1. The van der Waals surface area contributed by atoms with E-state index in [-0.39, 0.29) is 18.0 Å². The van der Waals surface area contributed by atoms with Crippen LogP contribution in [0.25, 0.3) is 0 Å². The highest BCUT2D eigenvalue weighted by Gasteiger charge is 2.29. The van der Waals surface area contributed by atoms with Gasteiger partial charge >= 0.3 is 0 Å². The fourth-order valence-electron chi connectivity index (χ4n) is 2.45. The Morgan fingerprint density at radius 3 is 2.64 bits per heavy atom. The molecule has 114 valence electrons. The molecule has 0 bridgehead atoms. The Labute approximate surface area is 137 Å². The first-order chi connectivity index (χ1) is 10.7. The Morgan fingerprint density at radius 2 is 1.91 bits per heavy atom. The van der Waals surface area contributed by atoms with Crippen LogP contribution in [0, 0.1) is 0 Å². The summed E-state index contributed by atoms with van der Waals surface area (Å²) in [5.74, 6) is 0.00363. The van der Waals surface area contributed by atoms with Crippen LogP contribution in [-0.2, 0) is 11.3 Å². The van der Waals surface area contributed by atoms with E-state index in [0.717, 1.165) is 16.5 Å². The Balaban J connectivity index is 1.53. The van der Waals surface area contributed by atoms with Crippen molar-refractivity contribution < 1.29 is 4.79 Å². The maximum atomic E-state index is 12.2. The molecule has 2 aromatic rings. The van der Waals surface area contributed by atoms with E-state index >= 15 is 0 Å². The third-order valence-electron chi connectivity index (χ3n) is 3.71. The van der Waals surface area contributed by atoms with Gasteiger partial charge in [-0.1, -0.05) is 28.1 Å². The molecule has 1 aromatic carbocycles. The number of hydrogen-bond acceptors (Lipinski definition) is 4. The van der Waals surface area contributed by atoms with Gasteiger partial charge in [0.05, 0.1) is 0 Å². The molecule has 6 heteroatoms. The Hall–Kier alpha value is -1.76. The summed E-state index contributed by atoms with van der Waals surface area (Å²) in [6, 6.07) is 11.8. The van der Waals surface area contributed by atoms with Crippen LogP contribution in [0.1, 0.15) is 23.6 Å². The molecule has 1 aromatic heterocycles. The van der Waals surface area contributed by atoms with Crippen molar-refractivity contribution in [3.8, 4) is 0 Å². The standard InChI is InChI=1S/C16H17BrN4O/c17-13-3-1-12(2-4-13)14-9-15(21-20-14)16(22)19-10-11-5-7-18-8-6-11/h1-8,14-15,20-21H,9-10H2,(H,19,22). The van der Waals surface area contributed by atoms with Gasteiger partial charge in [0.25, 0.3) is 0 Å². The molecule has 2 atom stereocenters. The van der Waals surface area contributed by atoms with Crippen LogP contribution in [0.4, 0.5) is 0 Å². The maximum absolute atomic E-state index is 12.2. The maximum Gasteiger partial charge on any atom is 0.238 e. The van der Waals surface area contributed by atoms with Crippen molar-refractivity contribution in [3.63, 3.8) is 0 Å². The smallest absolute Gasteiger partial charge is 0.238 e. The molecule has 2 heterocycles. The largest absolute Gasteiger partial charge is 0.351 e. The number of pyridine rings is 1. The molecular weight excluding hydrogens is 344 g/mol. The van der Waals surface area contributed by atoms with E-state index in [1.165, 1.54) is 5.56 Å². The molecule has 2 unspecified atom stereocenters. The summed E-state index contributed by atoms with van der Waals surface area (Å²) < 4.78 is 1.05. The molecule has 1 fully saturated rings. The number of nitrogens with one attached hydrogen (secondary N) is 3. The molecule has 3 N–H and O–H groups in total. The fourth-order valence-corrected chi connectivity index (χ4v) is 2.72. The number of halogens is 1. The number of benzene rings is 1. The number of hydrazine groups is 1. The highest BCUT2D eigenvalue weighted by molar-refractivity contribution is 9.10. The second-order valence-electron chi connectivity index (χ2n) is 5.25. The second-order valence-corrected chi connectivity index (χ2v) is 6.17. The van der Waals surface area contributed by atoms with Crippen LogP contribution in [0.15, 0.2) is 53.3 Å². The number of nitrogens with zero attached hydrogens (tertiary/aromatic N) is 1. The minimum Gasteiger partial charge on any atom is -0.351 e. The van der Waals surface area contributed by atoms with Crippen LogP contribution in [-0.4, -0.2) is 16.9 Å². The average molecular weight is 361 g/mol. The second kappa shape index (κ2) is 7.00. The zero-order valence-corrected chi connectivity index (χ0v) is 13.5. The highest BCUT2D eigenvalue weighted by Crippen LogP contribution is 2.23. The van der Waals surface area contributed by atoms with Crippen LogP contribution >= 0.6 is 15.9 Å². The van der Waals surface area contributed by atoms with Crippen LogP contribution in [0.5, 0.6) is 0 Å². The normalized spacial score (nSPS) is 20.8. The van der Waals surface area contributed by atoms with Crippen molar-refractivity contribution in [2.45, 2.75) is 25.0 Å². The van der Waals surface area contributed by atoms with Gasteiger partial charge in [0.2, 0.25) is 5.91 Å². The van der Waals surface area contributed by atoms with E-state index in [9.17, 15) is 4.79 Å². The Bertz CT molecular complexity index is 632. The van der Waals surface area contributed by atoms with Gasteiger partial charge in [0.1, 0.15) is 6.04 Å². The molecule has 1 saturated heterocycles. The van der Waals surface area contributed by atoms with Crippen molar-refractivity contribution in [1.29, 1.82) is 0 Å². The number of rotatable bonds is 4. The minimum absolute atomic E-state index is 0.00363. The molecule has 3 rings (SSSR count). The van der Waals surface area contributed by atoms with Crippen molar-refractivity contribution in [1.82, 2.24) is 21.2 Å². The molecule has 0 radical (unpaired) electrons. The summed E-state index contributed by atoms with van der Waals surface area (Å²) in [5, 5.41) is 2.95. The summed E-state index contributed by atoms with van der Waals surface area (Å²) in [6.45, 7) is 0.516. The predicted molar refractivity (Wildman–Crippen MR) is 87.6 cm³/mol. The Kier molecular flexibility index (Phi) is 4.82. The van der Waals surface area contributed by atoms with Gasteiger partial charge in [0, 0.05) is 29.5 Å². The van der Waals surface area contributed by atoms with Crippen LogP contribution in [0.3, 0.4) is 0 Å². The van der Waals surface area contributed by atoms with E-state index in [1.54, 1.807) is 12.4 Å². The molecule has 5 nitrogen and oxygen atoms in total. The number of amides is 1. The molecule has 1 aliphatic rings. The highest BCUT2D eigenvalue weighted by atomic mass is 79.9. The molecule has 0 spiro atoms. The number of hydrogen-bond donors (Lipinski definition) is 3. The van der Waals surface area contributed by atoms with E-state index in [4.69, 9.17) is 0 Å². The summed E-state index contributed by atoms with van der Waals surface area (Å²) in [5.41, 5.74) is 8.46. The lowest BCUT2D eigenvalue weighted by Gasteiger charge is -2.11. The monoisotopic (exact) mass is 360 g/mol. The number of carbonyl (C=O) groups excluding carboxylic acids is 1. The van der Waals surface area contributed by atoms with Crippen molar-refractivity contribution in [2.24, 2.45) is 0 Å². The lowest BCUT2D eigenvalue weighted by Crippen LogP contribution is -2.42.